The smallest absolute Gasteiger partial charge is 0.269 e. The van der Waals surface area contributed by atoms with Crippen molar-refractivity contribution in [3.63, 3.8) is 0 Å². The van der Waals surface area contributed by atoms with Gasteiger partial charge in [-0.1, -0.05) is 12.1 Å². The van der Waals surface area contributed by atoms with Crippen LogP contribution >= 0.6 is 0 Å². The molecule has 6 nitrogen and oxygen atoms in total. The van der Waals surface area contributed by atoms with E-state index in [1.54, 1.807) is 37.4 Å². The summed E-state index contributed by atoms with van der Waals surface area (Å²) in [6.45, 7) is 0.154. The molecule has 1 aliphatic heterocycles. The highest BCUT2D eigenvalue weighted by molar-refractivity contribution is 5.96. The van der Waals surface area contributed by atoms with Crippen LogP contribution in [-0.4, -0.2) is 32.8 Å². The molecule has 0 radical (unpaired) electrons. The fraction of sp³-hybridized carbons (Fsp3) is 0.235. The first-order chi connectivity index (χ1) is 11.2. The van der Waals surface area contributed by atoms with Gasteiger partial charge in [-0.3, -0.25) is 4.79 Å². The number of hydrogen-bond acceptors (Lipinski definition) is 5. The molecule has 2 aromatic carbocycles. The second-order valence-corrected chi connectivity index (χ2v) is 4.92. The Hall–Kier alpha value is -2.89. The lowest BCUT2D eigenvalue weighted by Crippen LogP contribution is -2.40. The Morgan fingerprint density at radius 1 is 1.13 bits per heavy atom. The number of ether oxygens (including phenoxy) is 4. The second-order valence-electron chi connectivity index (χ2n) is 4.92. The molecule has 0 aliphatic carbocycles. The summed E-state index contributed by atoms with van der Waals surface area (Å²) in [5.74, 6) is 2.04. The molecule has 120 valence electrons. The van der Waals surface area contributed by atoms with Crippen molar-refractivity contribution in [2.75, 3.05) is 26.1 Å². The Morgan fingerprint density at radius 2 is 1.91 bits per heavy atom. The van der Waals surface area contributed by atoms with Crippen LogP contribution in [-0.2, 0) is 4.79 Å². The summed E-state index contributed by atoms with van der Waals surface area (Å²) < 4.78 is 21.6. The van der Waals surface area contributed by atoms with Crippen molar-refractivity contribution in [3.05, 3.63) is 42.5 Å². The number of carbonyl (C=O) groups excluding carboxylic acids is 1. The monoisotopic (exact) mass is 315 g/mol. The van der Waals surface area contributed by atoms with Crippen LogP contribution in [0.5, 0.6) is 23.0 Å². The molecule has 0 saturated heterocycles. The maximum absolute atomic E-state index is 12.4. The summed E-state index contributed by atoms with van der Waals surface area (Å²) in [5, 5.41) is 2.79. The van der Waals surface area contributed by atoms with Gasteiger partial charge >= 0.3 is 0 Å². The maximum Gasteiger partial charge on any atom is 0.269 e. The van der Waals surface area contributed by atoms with Crippen molar-refractivity contribution in [2.24, 2.45) is 0 Å². The van der Waals surface area contributed by atoms with Crippen LogP contribution in [0.1, 0.15) is 0 Å². The quantitative estimate of drug-likeness (QED) is 0.939. The van der Waals surface area contributed by atoms with Gasteiger partial charge in [0.15, 0.2) is 11.5 Å². The van der Waals surface area contributed by atoms with Crippen molar-refractivity contribution >= 4 is 11.6 Å². The lowest BCUT2D eigenvalue weighted by Gasteiger charge is -2.25. The van der Waals surface area contributed by atoms with Crippen molar-refractivity contribution < 1.29 is 23.7 Å². The van der Waals surface area contributed by atoms with E-state index in [1.807, 2.05) is 12.1 Å². The molecular weight excluding hydrogens is 298 g/mol. The third-order valence-electron chi connectivity index (χ3n) is 3.47. The number of para-hydroxylation sites is 2. The Balaban J connectivity index is 1.73. The first kappa shape index (κ1) is 15.0. The van der Waals surface area contributed by atoms with Gasteiger partial charge in [-0.2, -0.15) is 0 Å². The van der Waals surface area contributed by atoms with Crippen LogP contribution in [0.3, 0.4) is 0 Å². The van der Waals surface area contributed by atoms with Gasteiger partial charge in [0.1, 0.15) is 18.1 Å². The van der Waals surface area contributed by atoms with Crippen molar-refractivity contribution in [3.8, 4) is 23.0 Å². The van der Waals surface area contributed by atoms with Crippen molar-refractivity contribution in [1.29, 1.82) is 0 Å². The SMILES string of the molecule is COc1ccc(NC(=O)C2COc3ccccc3O2)c(OC)c1. The van der Waals surface area contributed by atoms with Crippen LogP contribution in [0.25, 0.3) is 0 Å². The van der Waals surface area contributed by atoms with Gasteiger partial charge < -0.3 is 24.3 Å². The molecule has 1 N–H and O–H groups in total. The molecule has 0 fully saturated rings. The number of amides is 1. The number of nitrogens with one attached hydrogen (secondary N) is 1. The molecule has 2 aromatic rings. The van der Waals surface area contributed by atoms with Crippen LogP contribution in [0.2, 0.25) is 0 Å². The summed E-state index contributed by atoms with van der Waals surface area (Å²) in [6, 6.07) is 12.4. The van der Waals surface area contributed by atoms with E-state index in [9.17, 15) is 4.79 Å². The van der Waals surface area contributed by atoms with Gasteiger partial charge in [0, 0.05) is 6.07 Å². The number of methoxy groups -OCH3 is 2. The van der Waals surface area contributed by atoms with Gasteiger partial charge in [-0.25, -0.2) is 0 Å². The van der Waals surface area contributed by atoms with E-state index in [2.05, 4.69) is 5.32 Å². The molecule has 1 unspecified atom stereocenters. The highest BCUT2D eigenvalue weighted by Crippen LogP contribution is 2.32. The van der Waals surface area contributed by atoms with Crippen LogP contribution in [0.4, 0.5) is 5.69 Å². The Bertz CT molecular complexity index is 716. The maximum atomic E-state index is 12.4. The van der Waals surface area contributed by atoms with E-state index >= 15 is 0 Å². The highest BCUT2D eigenvalue weighted by Gasteiger charge is 2.27. The molecule has 1 aliphatic rings. The lowest BCUT2D eigenvalue weighted by molar-refractivity contribution is -0.125. The molecule has 0 bridgehead atoms. The zero-order chi connectivity index (χ0) is 16.2. The van der Waals surface area contributed by atoms with Gasteiger partial charge in [-0.05, 0) is 24.3 Å². The summed E-state index contributed by atoms with van der Waals surface area (Å²) in [7, 11) is 3.10. The molecule has 1 atom stereocenters. The fourth-order valence-electron chi connectivity index (χ4n) is 2.26. The molecule has 0 spiro atoms. The van der Waals surface area contributed by atoms with E-state index < -0.39 is 6.10 Å². The molecule has 0 saturated carbocycles. The highest BCUT2D eigenvalue weighted by atomic mass is 16.6. The molecule has 6 heteroatoms. The predicted octanol–water partition coefficient (Wildman–Crippen LogP) is 2.48. The van der Waals surface area contributed by atoms with Crippen molar-refractivity contribution in [2.45, 2.75) is 6.10 Å². The van der Waals surface area contributed by atoms with Crippen molar-refractivity contribution in [1.82, 2.24) is 0 Å². The zero-order valence-corrected chi connectivity index (χ0v) is 12.9. The first-order valence-electron chi connectivity index (χ1n) is 7.12. The second kappa shape index (κ2) is 6.48. The third-order valence-corrected chi connectivity index (χ3v) is 3.47. The van der Waals surface area contributed by atoms with E-state index in [-0.39, 0.29) is 12.5 Å². The average Bonchev–Trinajstić information content (AvgIpc) is 2.61. The van der Waals surface area contributed by atoms with E-state index in [4.69, 9.17) is 18.9 Å². The van der Waals surface area contributed by atoms with Gasteiger partial charge in [-0.15, -0.1) is 0 Å². The minimum Gasteiger partial charge on any atom is -0.497 e. The molecule has 23 heavy (non-hydrogen) atoms. The van der Waals surface area contributed by atoms with Crippen LogP contribution < -0.4 is 24.3 Å². The number of benzene rings is 2. The van der Waals surface area contributed by atoms with E-state index in [1.165, 1.54) is 7.11 Å². The fourth-order valence-corrected chi connectivity index (χ4v) is 2.26. The van der Waals surface area contributed by atoms with Gasteiger partial charge in [0.25, 0.3) is 5.91 Å². The standard InChI is InChI=1S/C17H17NO5/c1-20-11-7-8-12(15(9-11)21-2)18-17(19)16-10-22-13-5-3-4-6-14(13)23-16/h3-9,16H,10H2,1-2H3,(H,18,19). The Morgan fingerprint density at radius 3 is 2.65 bits per heavy atom. The normalized spacial score (nSPS) is 15.7. The molecule has 1 amide bonds. The molecule has 0 aromatic heterocycles. The number of fused-ring (bicyclic) bond motifs is 1. The largest absolute Gasteiger partial charge is 0.497 e. The molecule has 3 rings (SSSR count). The molecular formula is C17H17NO5. The minimum atomic E-state index is -0.725. The molecule has 1 heterocycles. The Kier molecular flexibility index (Phi) is 4.23. The topological polar surface area (TPSA) is 66.0 Å². The van der Waals surface area contributed by atoms with Gasteiger partial charge in [0.05, 0.1) is 19.9 Å². The van der Waals surface area contributed by atoms with E-state index in [0.717, 1.165) is 0 Å². The lowest BCUT2D eigenvalue weighted by atomic mass is 10.2. The number of hydrogen-bond donors (Lipinski definition) is 1. The predicted molar refractivity (Wildman–Crippen MR) is 84.5 cm³/mol. The summed E-state index contributed by atoms with van der Waals surface area (Å²) >= 11 is 0. The van der Waals surface area contributed by atoms with Gasteiger partial charge in [0.2, 0.25) is 6.10 Å². The third kappa shape index (κ3) is 3.15. The van der Waals surface area contributed by atoms with Crippen LogP contribution in [0, 0.1) is 0 Å². The Labute approximate surface area is 133 Å². The summed E-state index contributed by atoms with van der Waals surface area (Å²) in [6.07, 6.45) is -0.725. The van der Waals surface area contributed by atoms with E-state index in [0.29, 0.717) is 28.7 Å². The summed E-state index contributed by atoms with van der Waals surface area (Å²) in [4.78, 5) is 12.4. The summed E-state index contributed by atoms with van der Waals surface area (Å²) in [5.41, 5.74) is 0.542. The average molecular weight is 315 g/mol. The van der Waals surface area contributed by atoms with Crippen LogP contribution in [0.15, 0.2) is 42.5 Å². The number of anilines is 1. The zero-order valence-electron chi connectivity index (χ0n) is 12.9. The number of rotatable bonds is 4. The first-order valence-corrected chi connectivity index (χ1v) is 7.12. The minimum absolute atomic E-state index is 0.154. The number of carbonyl (C=O) groups is 1.